The first-order chi connectivity index (χ1) is 8.74. The summed E-state index contributed by atoms with van der Waals surface area (Å²) in [6.45, 7) is 10.7. The topological polar surface area (TPSA) is 18.5 Å². The van der Waals surface area contributed by atoms with E-state index in [1.165, 1.54) is 57.0 Å². The molecule has 0 aliphatic rings. The molecular weight excluding hydrogens is 240 g/mol. The van der Waals surface area contributed by atoms with Crippen LogP contribution in [0.4, 0.5) is 0 Å². The summed E-state index contributed by atoms with van der Waals surface area (Å²) in [6.07, 6.45) is 8.44. The Morgan fingerprint density at radius 1 is 0.611 bits per heavy atom. The number of hydrogen-bond acceptors (Lipinski definition) is 2. The van der Waals surface area contributed by atoms with Gasteiger partial charge in [0.05, 0.1) is 0 Å². The fourth-order valence-corrected chi connectivity index (χ4v) is 5.68. The second-order valence-electron chi connectivity index (χ2n) is 5.17. The first-order valence-corrected chi connectivity index (χ1v) is 10.3. The zero-order valence-electron chi connectivity index (χ0n) is 13.1. The lowest BCUT2D eigenvalue weighted by molar-refractivity contribution is 0.161. The summed E-state index contributed by atoms with van der Waals surface area (Å²) in [5.74, 6) is 0. The molecule has 0 amide bonds. The molecule has 0 aliphatic heterocycles. The van der Waals surface area contributed by atoms with Gasteiger partial charge in [-0.25, -0.2) is 0 Å². The summed E-state index contributed by atoms with van der Waals surface area (Å²) >= 11 is 0. The van der Waals surface area contributed by atoms with Crippen molar-refractivity contribution < 1.29 is 8.85 Å². The SMILES string of the molecule is CCCCO[Si](CCC)(CCCC)OCCCC. The molecule has 0 bridgehead atoms. The normalized spacial score (nSPS) is 12.0. The molecule has 0 aromatic carbocycles. The van der Waals surface area contributed by atoms with Crippen LogP contribution < -0.4 is 0 Å². The van der Waals surface area contributed by atoms with Gasteiger partial charge in [-0.15, -0.1) is 0 Å². The van der Waals surface area contributed by atoms with Gasteiger partial charge in [0.15, 0.2) is 0 Å². The Morgan fingerprint density at radius 2 is 1.11 bits per heavy atom. The standard InChI is InChI=1S/C15H34O2Si/c1-5-9-12-16-18(14-8-4,15-11-7-3)17-13-10-6-2/h5-15H2,1-4H3. The van der Waals surface area contributed by atoms with Crippen LogP contribution in [0.15, 0.2) is 0 Å². The fourth-order valence-electron chi connectivity index (χ4n) is 2.09. The third-order valence-electron chi connectivity index (χ3n) is 3.27. The highest BCUT2D eigenvalue weighted by molar-refractivity contribution is 6.67. The number of hydrogen-bond donors (Lipinski definition) is 0. The molecule has 0 atom stereocenters. The Labute approximate surface area is 116 Å². The van der Waals surface area contributed by atoms with Crippen LogP contribution in [0, 0.1) is 0 Å². The van der Waals surface area contributed by atoms with Gasteiger partial charge in [0.1, 0.15) is 0 Å². The zero-order chi connectivity index (χ0) is 13.7. The molecular formula is C15H34O2Si. The third kappa shape index (κ3) is 8.28. The average Bonchev–Trinajstić information content (AvgIpc) is 2.37. The van der Waals surface area contributed by atoms with E-state index in [0.717, 1.165) is 13.2 Å². The molecule has 0 spiro atoms. The van der Waals surface area contributed by atoms with E-state index < -0.39 is 8.56 Å². The van der Waals surface area contributed by atoms with Gasteiger partial charge >= 0.3 is 8.56 Å². The second kappa shape index (κ2) is 12.2. The van der Waals surface area contributed by atoms with Crippen LogP contribution in [0.3, 0.4) is 0 Å². The molecule has 0 aromatic heterocycles. The largest absolute Gasteiger partial charge is 0.394 e. The van der Waals surface area contributed by atoms with Crippen LogP contribution in [0.1, 0.15) is 72.6 Å². The van der Waals surface area contributed by atoms with E-state index in [1.54, 1.807) is 0 Å². The van der Waals surface area contributed by atoms with Crippen LogP contribution in [0.5, 0.6) is 0 Å². The molecule has 3 heteroatoms. The lowest BCUT2D eigenvalue weighted by Gasteiger charge is -2.31. The maximum atomic E-state index is 6.28. The molecule has 0 unspecified atom stereocenters. The minimum Gasteiger partial charge on any atom is -0.394 e. The van der Waals surface area contributed by atoms with Gasteiger partial charge in [0.25, 0.3) is 0 Å². The highest BCUT2D eigenvalue weighted by Gasteiger charge is 2.35. The predicted molar refractivity (Wildman–Crippen MR) is 82.3 cm³/mol. The lowest BCUT2D eigenvalue weighted by Crippen LogP contribution is -2.42. The smallest absolute Gasteiger partial charge is 0.338 e. The summed E-state index contributed by atoms with van der Waals surface area (Å²) in [5.41, 5.74) is 0. The molecule has 0 aromatic rings. The molecule has 0 radical (unpaired) electrons. The van der Waals surface area contributed by atoms with E-state index in [0.29, 0.717) is 0 Å². The van der Waals surface area contributed by atoms with Gasteiger partial charge in [-0.2, -0.15) is 0 Å². The van der Waals surface area contributed by atoms with E-state index in [-0.39, 0.29) is 0 Å². The summed E-state index contributed by atoms with van der Waals surface area (Å²) in [5, 5.41) is 0. The van der Waals surface area contributed by atoms with Crippen LogP contribution in [-0.4, -0.2) is 21.8 Å². The molecule has 0 saturated heterocycles. The Balaban J connectivity index is 4.34. The monoisotopic (exact) mass is 274 g/mol. The molecule has 0 saturated carbocycles. The van der Waals surface area contributed by atoms with Gasteiger partial charge < -0.3 is 8.85 Å². The summed E-state index contributed by atoms with van der Waals surface area (Å²) < 4.78 is 12.6. The van der Waals surface area contributed by atoms with Crippen LogP contribution in [0.25, 0.3) is 0 Å². The molecule has 110 valence electrons. The molecule has 0 rings (SSSR count). The summed E-state index contributed by atoms with van der Waals surface area (Å²) in [4.78, 5) is 0. The predicted octanol–water partition coefficient (Wildman–Crippen LogP) is 5.27. The van der Waals surface area contributed by atoms with Gasteiger partial charge in [0, 0.05) is 13.2 Å². The van der Waals surface area contributed by atoms with Crippen LogP contribution in [-0.2, 0) is 8.85 Å². The van der Waals surface area contributed by atoms with Gasteiger partial charge in [-0.05, 0) is 24.9 Å². The molecule has 0 N–H and O–H groups in total. The average molecular weight is 275 g/mol. The summed E-state index contributed by atoms with van der Waals surface area (Å²) in [7, 11) is -1.89. The van der Waals surface area contributed by atoms with E-state index in [9.17, 15) is 0 Å². The highest BCUT2D eigenvalue weighted by Crippen LogP contribution is 2.24. The Morgan fingerprint density at radius 3 is 1.50 bits per heavy atom. The van der Waals surface area contributed by atoms with Crippen molar-refractivity contribution in [2.24, 2.45) is 0 Å². The Kier molecular flexibility index (Phi) is 12.3. The van der Waals surface area contributed by atoms with Crippen molar-refractivity contribution in [3.05, 3.63) is 0 Å². The molecule has 2 nitrogen and oxygen atoms in total. The van der Waals surface area contributed by atoms with E-state index in [1.807, 2.05) is 0 Å². The van der Waals surface area contributed by atoms with Crippen LogP contribution >= 0.6 is 0 Å². The van der Waals surface area contributed by atoms with Crippen molar-refractivity contribution in [2.45, 2.75) is 84.7 Å². The highest BCUT2D eigenvalue weighted by atomic mass is 28.4. The minimum absolute atomic E-state index is 0.901. The molecule has 18 heavy (non-hydrogen) atoms. The first-order valence-electron chi connectivity index (χ1n) is 8.02. The molecule has 0 fully saturated rings. The number of unbranched alkanes of at least 4 members (excludes halogenated alkanes) is 3. The third-order valence-corrected chi connectivity index (χ3v) is 7.11. The number of rotatable bonds is 13. The second-order valence-corrected chi connectivity index (χ2v) is 8.57. The van der Waals surface area contributed by atoms with E-state index in [4.69, 9.17) is 8.85 Å². The van der Waals surface area contributed by atoms with Crippen molar-refractivity contribution in [3.63, 3.8) is 0 Å². The van der Waals surface area contributed by atoms with Crippen molar-refractivity contribution in [2.75, 3.05) is 13.2 Å². The maximum Gasteiger partial charge on any atom is 0.338 e. The summed E-state index contributed by atoms with van der Waals surface area (Å²) in [6, 6.07) is 2.35. The Bertz CT molecular complexity index is 164. The van der Waals surface area contributed by atoms with Gasteiger partial charge in [-0.3, -0.25) is 0 Å². The first kappa shape index (κ1) is 18.1. The quantitative estimate of drug-likeness (QED) is 0.336. The van der Waals surface area contributed by atoms with Crippen molar-refractivity contribution in [1.29, 1.82) is 0 Å². The maximum absolute atomic E-state index is 6.28. The van der Waals surface area contributed by atoms with Crippen molar-refractivity contribution in [1.82, 2.24) is 0 Å². The fraction of sp³-hybridized carbons (Fsp3) is 1.00. The van der Waals surface area contributed by atoms with E-state index >= 15 is 0 Å². The Hall–Kier alpha value is 0.137. The van der Waals surface area contributed by atoms with Crippen LogP contribution in [0.2, 0.25) is 12.1 Å². The van der Waals surface area contributed by atoms with Gasteiger partial charge in [0.2, 0.25) is 0 Å². The van der Waals surface area contributed by atoms with Crippen molar-refractivity contribution in [3.8, 4) is 0 Å². The lowest BCUT2D eigenvalue weighted by atomic mass is 10.4. The molecule has 0 aliphatic carbocycles. The van der Waals surface area contributed by atoms with Gasteiger partial charge in [-0.1, -0.05) is 59.8 Å². The minimum atomic E-state index is -1.89. The zero-order valence-corrected chi connectivity index (χ0v) is 14.1. The van der Waals surface area contributed by atoms with E-state index in [2.05, 4.69) is 27.7 Å². The van der Waals surface area contributed by atoms with Crippen molar-refractivity contribution >= 4 is 8.56 Å². The molecule has 0 heterocycles.